The number of likely N-dealkylation sites (N-methyl/N-ethyl adjacent to an activating group) is 1. The molecule has 1 aromatic carbocycles. The van der Waals surface area contributed by atoms with Gasteiger partial charge in [0.2, 0.25) is 5.91 Å². The van der Waals surface area contributed by atoms with Crippen LogP contribution >= 0.6 is 0 Å². The van der Waals surface area contributed by atoms with E-state index in [2.05, 4.69) is 23.6 Å². The molecule has 0 bridgehead atoms. The standard InChI is InChI=1S/C14H22N2O2/c1-10-7-11(2)12(13(8-10)18-4)5-6-16-14(17)9-15-3/h7-8,15H,5-6,9H2,1-4H3,(H,16,17). The second kappa shape index (κ2) is 7.01. The van der Waals surface area contributed by atoms with E-state index in [9.17, 15) is 4.79 Å². The number of hydrogen-bond acceptors (Lipinski definition) is 3. The van der Waals surface area contributed by atoms with Crippen LogP contribution in [-0.4, -0.2) is 33.2 Å². The Labute approximate surface area is 109 Å². The predicted molar refractivity (Wildman–Crippen MR) is 73.1 cm³/mol. The number of benzene rings is 1. The summed E-state index contributed by atoms with van der Waals surface area (Å²) in [5.74, 6) is 0.914. The van der Waals surface area contributed by atoms with Gasteiger partial charge in [-0.1, -0.05) is 6.07 Å². The molecule has 0 spiro atoms. The third-order valence-electron chi connectivity index (χ3n) is 2.83. The normalized spacial score (nSPS) is 10.2. The average Bonchev–Trinajstić information content (AvgIpc) is 2.31. The molecule has 18 heavy (non-hydrogen) atoms. The smallest absolute Gasteiger partial charge is 0.233 e. The SMILES string of the molecule is CNCC(=O)NCCc1c(C)cc(C)cc1OC. The zero-order valence-corrected chi connectivity index (χ0v) is 11.6. The summed E-state index contributed by atoms with van der Waals surface area (Å²) in [6, 6.07) is 4.16. The first kappa shape index (κ1) is 14.5. The van der Waals surface area contributed by atoms with Gasteiger partial charge in [0.15, 0.2) is 0 Å². The Kier molecular flexibility index (Phi) is 5.65. The van der Waals surface area contributed by atoms with Crippen LogP contribution in [0.1, 0.15) is 16.7 Å². The summed E-state index contributed by atoms with van der Waals surface area (Å²) >= 11 is 0. The summed E-state index contributed by atoms with van der Waals surface area (Å²) in [5, 5.41) is 5.69. The van der Waals surface area contributed by atoms with Crippen LogP contribution in [0, 0.1) is 13.8 Å². The molecule has 0 aliphatic rings. The molecule has 0 aromatic heterocycles. The molecule has 0 fully saturated rings. The van der Waals surface area contributed by atoms with Crippen molar-refractivity contribution in [3.05, 3.63) is 28.8 Å². The molecular formula is C14H22N2O2. The molecule has 0 heterocycles. The average molecular weight is 250 g/mol. The van der Waals surface area contributed by atoms with E-state index < -0.39 is 0 Å². The number of rotatable bonds is 6. The molecule has 1 aromatic rings. The summed E-state index contributed by atoms with van der Waals surface area (Å²) in [7, 11) is 3.43. The lowest BCUT2D eigenvalue weighted by atomic mass is 10.0. The largest absolute Gasteiger partial charge is 0.496 e. The van der Waals surface area contributed by atoms with Crippen molar-refractivity contribution in [3.8, 4) is 5.75 Å². The van der Waals surface area contributed by atoms with Crippen molar-refractivity contribution in [2.24, 2.45) is 0 Å². The van der Waals surface area contributed by atoms with Crippen LogP contribution in [-0.2, 0) is 11.2 Å². The number of amides is 1. The molecule has 0 saturated heterocycles. The van der Waals surface area contributed by atoms with Gasteiger partial charge < -0.3 is 15.4 Å². The van der Waals surface area contributed by atoms with E-state index in [1.165, 1.54) is 11.1 Å². The zero-order chi connectivity index (χ0) is 13.5. The number of methoxy groups -OCH3 is 1. The minimum absolute atomic E-state index is 0.0150. The highest BCUT2D eigenvalue weighted by atomic mass is 16.5. The van der Waals surface area contributed by atoms with E-state index in [4.69, 9.17) is 4.74 Å². The van der Waals surface area contributed by atoms with Crippen molar-refractivity contribution in [3.63, 3.8) is 0 Å². The number of carbonyl (C=O) groups excluding carboxylic acids is 1. The van der Waals surface area contributed by atoms with Gasteiger partial charge in [-0.05, 0) is 50.1 Å². The van der Waals surface area contributed by atoms with Gasteiger partial charge in [0.05, 0.1) is 13.7 Å². The lowest BCUT2D eigenvalue weighted by Gasteiger charge is -2.13. The fraction of sp³-hybridized carbons (Fsp3) is 0.500. The maximum atomic E-state index is 11.3. The van der Waals surface area contributed by atoms with Crippen LogP contribution < -0.4 is 15.4 Å². The van der Waals surface area contributed by atoms with Crippen LogP contribution in [0.2, 0.25) is 0 Å². The number of aryl methyl sites for hydroxylation is 2. The molecule has 0 saturated carbocycles. The highest BCUT2D eigenvalue weighted by Crippen LogP contribution is 2.24. The summed E-state index contributed by atoms with van der Waals surface area (Å²) in [4.78, 5) is 11.3. The summed E-state index contributed by atoms with van der Waals surface area (Å²) in [6.45, 7) is 5.10. The van der Waals surface area contributed by atoms with Crippen molar-refractivity contribution >= 4 is 5.91 Å². The van der Waals surface area contributed by atoms with E-state index in [0.717, 1.165) is 17.7 Å². The highest BCUT2D eigenvalue weighted by Gasteiger charge is 2.08. The Morgan fingerprint density at radius 2 is 2.06 bits per heavy atom. The maximum absolute atomic E-state index is 11.3. The van der Waals surface area contributed by atoms with Crippen LogP contribution in [0.4, 0.5) is 0 Å². The third kappa shape index (κ3) is 4.04. The monoisotopic (exact) mass is 250 g/mol. The molecule has 4 heteroatoms. The molecule has 1 rings (SSSR count). The van der Waals surface area contributed by atoms with Gasteiger partial charge in [-0.15, -0.1) is 0 Å². The van der Waals surface area contributed by atoms with Crippen molar-refractivity contribution in [2.75, 3.05) is 27.2 Å². The lowest BCUT2D eigenvalue weighted by Crippen LogP contribution is -2.33. The molecular weight excluding hydrogens is 228 g/mol. The molecule has 0 aliphatic carbocycles. The van der Waals surface area contributed by atoms with Crippen molar-refractivity contribution in [1.82, 2.24) is 10.6 Å². The van der Waals surface area contributed by atoms with Crippen molar-refractivity contribution in [2.45, 2.75) is 20.3 Å². The Morgan fingerprint density at radius 1 is 1.33 bits per heavy atom. The van der Waals surface area contributed by atoms with Crippen molar-refractivity contribution < 1.29 is 9.53 Å². The van der Waals surface area contributed by atoms with Gasteiger partial charge in [-0.25, -0.2) is 0 Å². The van der Waals surface area contributed by atoms with Gasteiger partial charge in [0.25, 0.3) is 0 Å². The van der Waals surface area contributed by atoms with Crippen LogP contribution in [0.3, 0.4) is 0 Å². The van der Waals surface area contributed by atoms with Gasteiger partial charge >= 0.3 is 0 Å². The maximum Gasteiger partial charge on any atom is 0.233 e. The third-order valence-corrected chi connectivity index (χ3v) is 2.83. The summed E-state index contributed by atoms with van der Waals surface area (Å²) in [5.41, 5.74) is 3.55. The number of hydrogen-bond donors (Lipinski definition) is 2. The zero-order valence-electron chi connectivity index (χ0n) is 11.6. The first-order valence-electron chi connectivity index (χ1n) is 6.14. The topological polar surface area (TPSA) is 50.4 Å². The first-order valence-corrected chi connectivity index (χ1v) is 6.14. The molecule has 0 radical (unpaired) electrons. The molecule has 100 valence electrons. The van der Waals surface area contributed by atoms with Gasteiger partial charge in [0, 0.05) is 6.54 Å². The minimum atomic E-state index is 0.0150. The van der Waals surface area contributed by atoms with E-state index >= 15 is 0 Å². The second-order valence-corrected chi connectivity index (χ2v) is 4.39. The second-order valence-electron chi connectivity index (χ2n) is 4.39. The van der Waals surface area contributed by atoms with Crippen molar-refractivity contribution in [1.29, 1.82) is 0 Å². The quantitative estimate of drug-likeness (QED) is 0.797. The molecule has 4 nitrogen and oxygen atoms in total. The van der Waals surface area contributed by atoms with E-state index in [1.54, 1.807) is 14.2 Å². The predicted octanol–water partition coefficient (Wildman–Crippen LogP) is 1.19. The first-order chi connectivity index (χ1) is 8.58. The van der Waals surface area contributed by atoms with Gasteiger partial charge in [-0.3, -0.25) is 4.79 Å². The molecule has 0 aliphatic heterocycles. The fourth-order valence-corrected chi connectivity index (χ4v) is 2.01. The highest BCUT2D eigenvalue weighted by molar-refractivity contribution is 5.77. The van der Waals surface area contributed by atoms with E-state index in [1.807, 2.05) is 13.0 Å². The molecule has 2 N–H and O–H groups in total. The summed E-state index contributed by atoms with van der Waals surface area (Å²) in [6.07, 6.45) is 0.782. The molecule has 0 unspecified atom stereocenters. The fourth-order valence-electron chi connectivity index (χ4n) is 2.01. The minimum Gasteiger partial charge on any atom is -0.496 e. The van der Waals surface area contributed by atoms with Gasteiger partial charge in [0.1, 0.15) is 5.75 Å². The number of ether oxygens (including phenoxy) is 1. The molecule has 0 atom stereocenters. The van der Waals surface area contributed by atoms with E-state index in [-0.39, 0.29) is 5.91 Å². The summed E-state index contributed by atoms with van der Waals surface area (Å²) < 4.78 is 5.39. The Balaban J connectivity index is 2.64. The Bertz CT molecular complexity index is 417. The Hall–Kier alpha value is -1.55. The Morgan fingerprint density at radius 3 is 2.67 bits per heavy atom. The van der Waals surface area contributed by atoms with Crippen LogP contribution in [0.25, 0.3) is 0 Å². The van der Waals surface area contributed by atoms with Gasteiger partial charge in [-0.2, -0.15) is 0 Å². The number of carbonyl (C=O) groups is 1. The van der Waals surface area contributed by atoms with Crippen LogP contribution in [0.15, 0.2) is 12.1 Å². The van der Waals surface area contributed by atoms with Crippen LogP contribution in [0.5, 0.6) is 5.75 Å². The molecule has 1 amide bonds. The lowest BCUT2D eigenvalue weighted by molar-refractivity contribution is -0.120. The van der Waals surface area contributed by atoms with E-state index in [0.29, 0.717) is 13.1 Å². The number of nitrogens with one attached hydrogen (secondary N) is 2.